The monoisotopic (exact) mass is 455 g/mol. The van der Waals surface area contributed by atoms with E-state index in [1.165, 1.54) is 6.42 Å². The van der Waals surface area contributed by atoms with Crippen LogP contribution in [-0.2, 0) is 4.79 Å². The third-order valence-electron chi connectivity index (χ3n) is 5.21. The average Bonchev–Trinajstić information content (AvgIpc) is 2.62. The molecule has 1 atom stereocenters. The van der Waals surface area contributed by atoms with E-state index in [1.807, 2.05) is 34.1 Å². The fraction of sp³-hybridized carbons (Fsp3) is 0.579. The molecule has 2 heterocycles. The highest BCUT2D eigenvalue weighted by atomic mass is 127. The zero-order valence-electron chi connectivity index (χ0n) is 14.8. The van der Waals surface area contributed by atoms with Gasteiger partial charge in [-0.1, -0.05) is 6.07 Å². The van der Waals surface area contributed by atoms with Gasteiger partial charge >= 0.3 is 0 Å². The van der Waals surface area contributed by atoms with Gasteiger partial charge in [0.25, 0.3) is 5.91 Å². The van der Waals surface area contributed by atoms with Crippen molar-refractivity contribution in [3.05, 3.63) is 33.4 Å². The fourth-order valence-corrected chi connectivity index (χ4v) is 4.21. The van der Waals surface area contributed by atoms with Gasteiger partial charge in [0.2, 0.25) is 5.91 Å². The molecule has 0 spiro atoms. The Morgan fingerprint density at radius 2 is 1.88 bits per heavy atom. The Labute approximate surface area is 163 Å². The van der Waals surface area contributed by atoms with Crippen molar-refractivity contribution in [1.29, 1.82) is 0 Å². The summed E-state index contributed by atoms with van der Waals surface area (Å²) in [6.45, 7) is 6.43. The van der Waals surface area contributed by atoms with Crippen LogP contribution in [0, 0.1) is 3.57 Å². The van der Waals surface area contributed by atoms with Crippen molar-refractivity contribution in [3.63, 3.8) is 0 Å². The summed E-state index contributed by atoms with van der Waals surface area (Å²) in [6.07, 6.45) is 3.46. The van der Waals surface area contributed by atoms with Gasteiger partial charge in [0, 0.05) is 47.9 Å². The van der Waals surface area contributed by atoms with Crippen LogP contribution in [-0.4, -0.2) is 71.8 Å². The van der Waals surface area contributed by atoms with E-state index in [9.17, 15) is 9.59 Å². The second kappa shape index (κ2) is 8.49. The quantitative estimate of drug-likeness (QED) is 0.658. The number of hydrogen-bond donors (Lipinski definition) is 0. The lowest BCUT2D eigenvalue weighted by molar-refractivity contribution is -0.136. The Bertz CT molecular complexity index is 629. The smallest absolute Gasteiger partial charge is 0.253 e. The summed E-state index contributed by atoms with van der Waals surface area (Å²) in [5.41, 5.74) is 0.749. The topological polar surface area (TPSA) is 43.9 Å². The molecule has 0 aromatic heterocycles. The predicted octanol–water partition coefficient (Wildman–Crippen LogP) is 2.45. The van der Waals surface area contributed by atoms with Gasteiger partial charge in [0.15, 0.2) is 0 Å². The maximum absolute atomic E-state index is 12.6. The SMILES string of the molecule is CC1CCCCN1C(=O)CN1CCN(C(=O)c2cccc(I)c2)CC1. The lowest BCUT2D eigenvalue weighted by Gasteiger charge is -2.38. The Morgan fingerprint density at radius 1 is 1.12 bits per heavy atom. The van der Waals surface area contributed by atoms with Gasteiger partial charge in [-0.15, -0.1) is 0 Å². The van der Waals surface area contributed by atoms with Gasteiger partial charge in [-0.05, 0) is 67.0 Å². The number of piperidine rings is 1. The summed E-state index contributed by atoms with van der Waals surface area (Å²) < 4.78 is 1.07. The van der Waals surface area contributed by atoms with Crippen LogP contribution in [0.1, 0.15) is 36.5 Å². The van der Waals surface area contributed by atoms with Gasteiger partial charge < -0.3 is 9.80 Å². The number of hydrogen-bond acceptors (Lipinski definition) is 3. The number of amides is 2. The van der Waals surface area contributed by atoms with E-state index in [4.69, 9.17) is 0 Å². The molecule has 1 aromatic rings. The van der Waals surface area contributed by atoms with Crippen LogP contribution in [0.15, 0.2) is 24.3 Å². The molecule has 0 bridgehead atoms. The number of benzene rings is 1. The molecular weight excluding hydrogens is 429 g/mol. The second-order valence-electron chi connectivity index (χ2n) is 7.01. The first-order valence-corrected chi connectivity index (χ1v) is 10.2. The first kappa shape index (κ1) is 18.6. The Kier molecular flexibility index (Phi) is 6.33. The van der Waals surface area contributed by atoms with Crippen LogP contribution in [0.25, 0.3) is 0 Å². The minimum Gasteiger partial charge on any atom is -0.339 e. The molecule has 2 aliphatic heterocycles. The van der Waals surface area contributed by atoms with E-state index >= 15 is 0 Å². The molecule has 2 fully saturated rings. The minimum absolute atomic E-state index is 0.0918. The first-order valence-electron chi connectivity index (χ1n) is 9.11. The summed E-state index contributed by atoms with van der Waals surface area (Å²) in [6, 6.07) is 8.07. The molecule has 136 valence electrons. The summed E-state index contributed by atoms with van der Waals surface area (Å²) in [5, 5.41) is 0. The lowest BCUT2D eigenvalue weighted by atomic mass is 10.0. The van der Waals surface area contributed by atoms with E-state index < -0.39 is 0 Å². The van der Waals surface area contributed by atoms with Crippen molar-refractivity contribution in [2.45, 2.75) is 32.2 Å². The number of halogens is 1. The Hall–Kier alpha value is -1.15. The van der Waals surface area contributed by atoms with E-state index in [2.05, 4.69) is 34.4 Å². The summed E-state index contributed by atoms with van der Waals surface area (Å²) in [5.74, 6) is 0.332. The van der Waals surface area contributed by atoms with Crippen molar-refractivity contribution in [2.75, 3.05) is 39.3 Å². The Balaban J connectivity index is 1.50. The number of carbonyl (C=O) groups excluding carboxylic acids is 2. The zero-order valence-corrected chi connectivity index (χ0v) is 16.9. The van der Waals surface area contributed by atoms with Gasteiger partial charge in [-0.25, -0.2) is 0 Å². The molecule has 0 aliphatic carbocycles. The third-order valence-corrected chi connectivity index (χ3v) is 5.88. The highest BCUT2D eigenvalue weighted by Gasteiger charge is 2.27. The van der Waals surface area contributed by atoms with Crippen LogP contribution in [0.3, 0.4) is 0 Å². The molecule has 0 radical (unpaired) electrons. The molecule has 1 unspecified atom stereocenters. The van der Waals surface area contributed by atoms with Gasteiger partial charge in [-0.3, -0.25) is 14.5 Å². The molecule has 0 saturated carbocycles. The molecule has 25 heavy (non-hydrogen) atoms. The highest BCUT2D eigenvalue weighted by Crippen LogP contribution is 2.17. The predicted molar refractivity (Wildman–Crippen MR) is 107 cm³/mol. The Morgan fingerprint density at radius 3 is 2.56 bits per heavy atom. The van der Waals surface area contributed by atoms with Crippen molar-refractivity contribution in [3.8, 4) is 0 Å². The molecule has 2 amide bonds. The van der Waals surface area contributed by atoms with Crippen molar-refractivity contribution < 1.29 is 9.59 Å². The standard InChI is InChI=1S/C19H26IN3O2/c1-15-5-2-3-8-23(15)18(24)14-21-9-11-22(12-10-21)19(25)16-6-4-7-17(20)13-16/h4,6-7,13,15H,2-3,5,8-12,14H2,1H3. The van der Waals surface area contributed by atoms with Crippen LogP contribution in [0.5, 0.6) is 0 Å². The van der Waals surface area contributed by atoms with Crippen molar-refractivity contribution in [1.82, 2.24) is 14.7 Å². The summed E-state index contributed by atoms with van der Waals surface area (Å²) in [4.78, 5) is 31.3. The molecule has 1 aromatic carbocycles. The normalized spacial score (nSPS) is 22.1. The van der Waals surface area contributed by atoms with Crippen LogP contribution >= 0.6 is 22.6 Å². The first-order chi connectivity index (χ1) is 12.0. The number of carbonyl (C=O) groups is 2. The van der Waals surface area contributed by atoms with Crippen molar-refractivity contribution >= 4 is 34.4 Å². The van der Waals surface area contributed by atoms with Gasteiger partial charge in [-0.2, -0.15) is 0 Å². The number of piperazine rings is 1. The summed E-state index contributed by atoms with van der Waals surface area (Å²) >= 11 is 2.23. The molecule has 2 aliphatic rings. The van der Waals surface area contributed by atoms with E-state index in [0.29, 0.717) is 25.7 Å². The minimum atomic E-state index is 0.0918. The van der Waals surface area contributed by atoms with Gasteiger partial charge in [0.1, 0.15) is 0 Å². The largest absolute Gasteiger partial charge is 0.339 e. The zero-order chi connectivity index (χ0) is 17.8. The molecule has 3 rings (SSSR count). The van der Waals surface area contributed by atoms with Crippen LogP contribution in [0.2, 0.25) is 0 Å². The molecule has 6 heteroatoms. The molecule has 2 saturated heterocycles. The van der Waals surface area contributed by atoms with E-state index in [1.54, 1.807) is 0 Å². The van der Waals surface area contributed by atoms with Crippen molar-refractivity contribution in [2.24, 2.45) is 0 Å². The highest BCUT2D eigenvalue weighted by molar-refractivity contribution is 14.1. The molecule has 5 nitrogen and oxygen atoms in total. The maximum Gasteiger partial charge on any atom is 0.253 e. The number of rotatable bonds is 3. The van der Waals surface area contributed by atoms with Crippen LogP contribution in [0.4, 0.5) is 0 Å². The fourth-order valence-electron chi connectivity index (χ4n) is 3.66. The molecular formula is C19H26IN3O2. The van der Waals surface area contributed by atoms with E-state index in [-0.39, 0.29) is 11.8 Å². The van der Waals surface area contributed by atoms with Gasteiger partial charge in [0.05, 0.1) is 6.54 Å². The third kappa shape index (κ3) is 4.73. The number of nitrogens with zero attached hydrogens (tertiary/aromatic N) is 3. The lowest BCUT2D eigenvalue weighted by Crippen LogP contribution is -2.53. The number of likely N-dealkylation sites (tertiary alicyclic amines) is 1. The molecule has 0 N–H and O–H groups in total. The van der Waals surface area contributed by atoms with Crippen LogP contribution < -0.4 is 0 Å². The maximum atomic E-state index is 12.6. The summed E-state index contributed by atoms with van der Waals surface area (Å²) in [7, 11) is 0. The van der Waals surface area contributed by atoms with E-state index in [0.717, 1.165) is 41.6 Å². The second-order valence-corrected chi connectivity index (χ2v) is 8.26. The average molecular weight is 455 g/mol.